The van der Waals surface area contributed by atoms with Gasteiger partial charge in [0.2, 0.25) is 0 Å². The van der Waals surface area contributed by atoms with E-state index in [1.54, 1.807) is 0 Å². The second kappa shape index (κ2) is 5.44. The summed E-state index contributed by atoms with van der Waals surface area (Å²) in [7, 11) is 0. The molecule has 0 radical (unpaired) electrons. The highest BCUT2D eigenvalue weighted by atomic mass is 19.1. The average molecular weight is 332 g/mol. The van der Waals surface area contributed by atoms with Gasteiger partial charge < -0.3 is 4.74 Å². The molecule has 0 aromatic heterocycles. The number of hydrogen-bond donors (Lipinski definition) is 0. The number of halogens is 1. The third-order valence-electron chi connectivity index (χ3n) is 7.67. The van der Waals surface area contributed by atoms with Gasteiger partial charge in [-0.2, -0.15) is 0 Å². The van der Waals surface area contributed by atoms with Crippen molar-refractivity contribution in [2.75, 3.05) is 6.61 Å². The molecule has 0 aliphatic heterocycles. The molecule has 6 atom stereocenters. The lowest BCUT2D eigenvalue weighted by Crippen LogP contribution is -2.54. The lowest BCUT2D eigenvalue weighted by atomic mass is 9.48. The van der Waals surface area contributed by atoms with Crippen molar-refractivity contribution in [2.45, 2.75) is 65.5 Å². The molecule has 0 unspecified atom stereocenters. The van der Waals surface area contributed by atoms with Crippen molar-refractivity contribution in [3.05, 3.63) is 23.5 Å². The van der Waals surface area contributed by atoms with Crippen LogP contribution in [0.2, 0.25) is 0 Å². The van der Waals surface area contributed by atoms with Gasteiger partial charge in [-0.1, -0.05) is 19.9 Å². The minimum absolute atomic E-state index is 0.0564. The smallest absolute Gasteiger partial charge is 0.139 e. The fraction of sp³-hybridized carbons (Fsp3) is 0.762. The highest BCUT2D eigenvalue weighted by molar-refractivity contribution is 5.87. The van der Waals surface area contributed by atoms with E-state index in [-0.39, 0.29) is 11.3 Å². The van der Waals surface area contributed by atoms with E-state index in [0.717, 1.165) is 31.4 Å². The van der Waals surface area contributed by atoms with E-state index < -0.39 is 11.6 Å². The summed E-state index contributed by atoms with van der Waals surface area (Å²) < 4.78 is 21.1. The number of rotatable bonds is 2. The van der Waals surface area contributed by atoms with Crippen LogP contribution in [0.15, 0.2) is 23.5 Å². The standard InChI is InChI=1S/C21H29FO2/c1-4-24-14-9-10-20(2)13(11-14)5-6-15-16-7-8-18(23)21(16,3)12-17(22)19(15)20/h5,11,15-17,19H,4,6-10,12H2,1-3H3/t15-,16-,17-,19+,20-,21-/m0/s1. The lowest BCUT2D eigenvalue weighted by molar-refractivity contribution is -0.137. The van der Waals surface area contributed by atoms with Gasteiger partial charge in [-0.25, -0.2) is 4.39 Å². The second-order valence-corrected chi connectivity index (χ2v) is 8.75. The van der Waals surface area contributed by atoms with Crippen molar-refractivity contribution in [3.63, 3.8) is 0 Å². The predicted octanol–water partition coefficient (Wildman–Crippen LogP) is 5.00. The van der Waals surface area contributed by atoms with Gasteiger partial charge in [0.15, 0.2) is 0 Å². The molecule has 2 saturated carbocycles. The number of hydrogen-bond acceptors (Lipinski definition) is 2. The number of ketones is 1. The zero-order valence-electron chi connectivity index (χ0n) is 15.1. The summed E-state index contributed by atoms with van der Waals surface area (Å²) in [6.07, 6.45) is 8.45. The summed E-state index contributed by atoms with van der Waals surface area (Å²) in [6, 6.07) is 0. The summed E-state index contributed by atoms with van der Waals surface area (Å²) in [5.74, 6) is 2.10. The van der Waals surface area contributed by atoms with E-state index in [1.165, 1.54) is 5.57 Å². The van der Waals surface area contributed by atoms with Gasteiger partial charge in [-0.05, 0) is 61.5 Å². The number of fused-ring (bicyclic) bond motifs is 5. The van der Waals surface area contributed by atoms with E-state index in [4.69, 9.17) is 4.74 Å². The lowest BCUT2D eigenvalue weighted by Gasteiger charge is -2.56. The van der Waals surface area contributed by atoms with Crippen molar-refractivity contribution in [3.8, 4) is 0 Å². The van der Waals surface area contributed by atoms with E-state index in [2.05, 4.69) is 19.1 Å². The zero-order chi connectivity index (χ0) is 17.1. The summed E-state index contributed by atoms with van der Waals surface area (Å²) in [6.45, 7) is 6.99. The first kappa shape index (κ1) is 16.4. The topological polar surface area (TPSA) is 26.3 Å². The molecule has 4 aliphatic carbocycles. The summed E-state index contributed by atoms with van der Waals surface area (Å²) in [5.41, 5.74) is 0.758. The number of carbonyl (C=O) groups is 1. The number of allylic oxidation sites excluding steroid dienone is 4. The molecule has 3 heteroatoms. The highest BCUT2D eigenvalue weighted by Gasteiger charge is 2.61. The normalized spacial score (nSPS) is 47.2. The number of ether oxygens (including phenoxy) is 1. The predicted molar refractivity (Wildman–Crippen MR) is 92.1 cm³/mol. The Kier molecular flexibility index (Phi) is 3.71. The Morgan fingerprint density at radius 2 is 2.08 bits per heavy atom. The highest BCUT2D eigenvalue weighted by Crippen LogP contribution is 2.64. The van der Waals surface area contributed by atoms with Gasteiger partial charge in [0.1, 0.15) is 12.0 Å². The van der Waals surface area contributed by atoms with Crippen LogP contribution in [0.25, 0.3) is 0 Å². The Hall–Kier alpha value is -1.12. The first-order chi connectivity index (χ1) is 11.4. The first-order valence-corrected chi connectivity index (χ1v) is 9.61. The van der Waals surface area contributed by atoms with Crippen molar-refractivity contribution in [1.82, 2.24) is 0 Å². The Morgan fingerprint density at radius 3 is 2.83 bits per heavy atom. The molecule has 0 spiro atoms. The van der Waals surface area contributed by atoms with Crippen LogP contribution in [0.5, 0.6) is 0 Å². The molecule has 24 heavy (non-hydrogen) atoms. The minimum Gasteiger partial charge on any atom is -0.498 e. The SMILES string of the molecule is CCOC1=CC2=CC[C@@H]3[C@H]([C@@H](F)C[C@]4(C)C(=O)CC[C@@H]34)[C@@]2(C)CC1. The molecule has 0 heterocycles. The Balaban J connectivity index is 1.72. The fourth-order valence-corrected chi connectivity index (χ4v) is 6.43. The van der Waals surface area contributed by atoms with Gasteiger partial charge in [-0.15, -0.1) is 0 Å². The summed E-state index contributed by atoms with van der Waals surface area (Å²) in [5, 5.41) is 0. The number of Topliss-reactive ketones (excluding diaryl/α,β-unsaturated/α-hetero) is 1. The molecular formula is C21H29FO2. The van der Waals surface area contributed by atoms with Crippen LogP contribution in [0.1, 0.15) is 59.3 Å². The molecule has 4 rings (SSSR count). The van der Waals surface area contributed by atoms with E-state index in [9.17, 15) is 4.79 Å². The molecule has 4 aliphatic rings. The number of alkyl halides is 1. The van der Waals surface area contributed by atoms with Crippen molar-refractivity contribution in [2.24, 2.45) is 28.6 Å². The van der Waals surface area contributed by atoms with Crippen LogP contribution in [-0.4, -0.2) is 18.6 Å². The Bertz CT molecular complexity index is 621. The van der Waals surface area contributed by atoms with E-state index in [0.29, 0.717) is 37.1 Å². The van der Waals surface area contributed by atoms with Crippen molar-refractivity contribution >= 4 is 5.78 Å². The summed E-state index contributed by atoms with van der Waals surface area (Å²) >= 11 is 0. The first-order valence-electron chi connectivity index (χ1n) is 9.61. The molecular weight excluding hydrogens is 303 g/mol. The molecule has 2 nitrogen and oxygen atoms in total. The molecule has 0 amide bonds. The second-order valence-electron chi connectivity index (χ2n) is 8.75. The van der Waals surface area contributed by atoms with Gasteiger partial charge in [0.05, 0.1) is 12.4 Å². The maximum absolute atomic E-state index is 15.4. The molecule has 0 saturated heterocycles. The minimum atomic E-state index is -0.867. The maximum atomic E-state index is 15.4. The third-order valence-corrected chi connectivity index (χ3v) is 7.67. The average Bonchev–Trinajstić information content (AvgIpc) is 2.82. The van der Waals surface area contributed by atoms with Gasteiger partial charge in [0.25, 0.3) is 0 Å². The van der Waals surface area contributed by atoms with Crippen LogP contribution in [0, 0.1) is 28.6 Å². The maximum Gasteiger partial charge on any atom is 0.139 e. The van der Waals surface area contributed by atoms with Crippen LogP contribution in [0.3, 0.4) is 0 Å². The number of carbonyl (C=O) groups excluding carboxylic acids is 1. The van der Waals surface area contributed by atoms with Crippen molar-refractivity contribution in [1.29, 1.82) is 0 Å². The van der Waals surface area contributed by atoms with E-state index >= 15 is 4.39 Å². The van der Waals surface area contributed by atoms with Crippen LogP contribution >= 0.6 is 0 Å². The third kappa shape index (κ3) is 2.09. The van der Waals surface area contributed by atoms with Crippen LogP contribution in [-0.2, 0) is 9.53 Å². The molecule has 0 bridgehead atoms. The molecule has 0 aromatic rings. The molecule has 0 aromatic carbocycles. The largest absolute Gasteiger partial charge is 0.498 e. The zero-order valence-corrected chi connectivity index (χ0v) is 15.1. The summed E-state index contributed by atoms with van der Waals surface area (Å²) in [4.78, 5) is 12.4. The van der Waals surface area contributed by atoms with Crippen molar-refractivity contribution < 1.29 is 13.9 Å². The fourth-order valence-electron chi connectivity index (χ4n) is 6.43. The molecule has 132 valence electrons. The van der Waals surface area contributed by atoms with Crippen LogP contribution in [0.4, 0.5) is 4.39 Å². The monoisotopic (exact) mass is 332 g/mol. The Labute approximate surface area is 144 Å². The van der Waals surface area contributed by atoms with Gasteiger partial charge >= 0.3 is 0 Å². The molecule has 2 fully saturated rings. The molecule has 0 N–H and O–H groups in total. The Morgan fingerprint density at radius 1 is 1.29 bits per heavy atom. The van der Waals surface area contributed by atoms with Gasteiger partial charge in [-0.3, -0.25) is 4.79 Å². The van der Waals surface area contributed by atoms with E-state index in [1.807, 2.05) is 13.8 Å². The van der Waals surface area contributed by atoms with Crippen LogP contribution < -0.4 is 0 Å². The quantitative estimate of drug-likeness (QED) is 0.711. The van der Waals surface area contributed by atoms with Gasteiger partial charge in [0, 0.05) is 24.2 Å².